The third-order valence-electron chi connectivity index (χ3n) is 3.30. The van der Waals surface area contributed by atoms with Crippen molar-refractivity contribution in [2.45, 2.75) is 26.3 Å². The van der Waals surface area contributed by atoms with E-state index in [1.807, 2.05) is 24.3 Å². The summed E-state index contributed by atoms with van der Waals surface area (Å²) in [5.41, 5.74) is 1.36. The predicted molar refractivity (Wildman–Crippen MR) is 87.0 cm³/mol. The highest BCUT2D eigenvalue weighted by molar-refractivity contribution is 6.30. The highest BCUT2D eigenvalue weighted by Gasteiger charge is 2.16. The van der Waals surface area contributed by atoms with Gasteiger partial charge in [0.05, 0.1) is 11.8 Å². The van der Waals surface area contributed by atoms with Crippen LogP contribution in [0.4, 0.5) is 0 Å². The van der Waals surface area contributed by atoms with E-state index in [2.05, 4.69) is 11.9 Å². The second-order valence-corrected chi connectivity index (χ2v) is 5.58. The van der Waals surface area contributed by atoms with Crippen LogP contribution in [-0.2, 0) is 6.54 Å². The maximum absolute atomic E-state index is 12.6. The Morgan fingerprint density at radius 2 is 2.14 bits per heavy atom. The first-order valence-electron chi connectivity index (χ1n) is 7.28. The molecule has 0 unspecified atom stereocenters. The average Bonchev–Trinajstić information content (AvgIpc) is 2.51. The quantitative estimate of drug-likeness (QED) is 0.879. The minimum absolute atomic E-state index is 0.0101. The minimum Gasteiger partial charge on any atom is -0.506 e. The van der Waals surface area contributed by atoms with Crippen molar-refractivity contribution in [2.24, 2.45) is 0 Å². The molecule has 2 rings (SSSR count). The van der Waals surface area contributed by atoms with Crippen LogP contribution < -0.4 is 0 Å². The van der Waals surface area contributed by atoms with Gasteiger partial charge in [-0.05, 0) is 30.2 Å². The highest BCUT2D eigenvalue weighted by Crippen LogP contribution is 2.16. The van der Waals surface area contributed by atoms with Gasteiger partial charge in [-0.2, -0.15) is 0 Å². The topological polar surface area (TPSA) is 53.4 Å². The van der Waals surface area contributed by atoms with Crippen LogP contribution in [0, 0.1) is 0 Å². The second kappa shape index (κ2) is 7.80. The first-order chi connectivity index (χ1) is 10.6. The molecule has 1 amide bonds. The lowest BCUT2D eigenvalue weighted by molar-refractivity contribution is 0.0740. The van der Waals surface area contributed by atoms with Crippen LogP contribution in [0.25, 0.3) is 0 Å². The summed E-state index contributed by atoms with van der Waals surface area (Å²) in [6.07, 6.45) is 4.69. The molecule has 0 aliphatic rings. The summed E-state index contributed by atoms with van der Waals surface area (Å²) in [5.74, 6) is -0.152. The van der Waals surface area contributed by atoms with Crippen molar-refractivity contribution in [1.82, 2.24) is 9.88 Å². The lowest BCUT2D eigenvalue weighted by Crippen LogP contribution is -2.31. The fourth-order valence-corrected chi connectivity index (χ4v) is 2.40. The van der Waals surface area contributed by atoms with E-state index in [1.54, 1.807) is 4.90 Å². The summed E-state index contributed by atoms with van der Waals surface area (Å²) in [6, 6.07) is 8.91. The van der Waals surface area contributed by atoms with Gasteiger partial charge in [-0.15, -0.1) is 0 Å². The number of unbranched alkanes of at least 4 members (excludes halogenated alkanes) is 1. The molecule has 0 fully saturated rings. The van der Waals surface area contributed by atoms with E-state index in [9.17, 15) is 9.90 Å². The van der Waals surface area contributed by atoms with Gasteiger partial charge in [0.15, 0.2) is 0 Å². The standard InChI is InChI=1S/C17H19ClN2O2/c1-2-3-7-20(12-13-5-4-6-15(18)8-13)17(22)14-9-16(21)11-19-10-14/h4-6,8-11,21H,2-3,7,12H2,1H3. The summed E-state index contributed by atoms with van der Waals surface area (Å²) in [7, 11) is 0. The Bertz CT molecular complexity index is 646. The summed E-state index contributed by atoms with van der Waals surface area (Å²) < 4.78 is 0. The molecule has 1 N–H and O–H groups in total. The number of hydrogen-bond acceptors (Lipinski definition) is 3. The SMILES string of the molecule is CCCCN(Cc1cccc(Cl)c1)C(=O)c1cncc(O)c1. The number of halogens is 1. The van der Waals surface area contributed by atoms with Gasteiger partial charge in [0.1, 0.15) is 5.75 Å². The first-order valence-corrected chi connectivity index (χ1v) is 7.65. The van der Waals surface area contributed by atoms with Crippen LogP contribution in [0.5, 0.6) is 5.75 Å². The number of nitrogens with zero attached hydrogens (tertiary/aromatic N) is 2. The number of rotatable bonds is 6. The monoisotopic (exact) mass is 318 g/mol. The number of carbonyl (C=O) groups is 1. The van der Waals surface area contributed by atoms with Crippen LogP contribution in [-0.4, -0.2) is 27.4 Å². The largest absolute Gasteiger partial charge is 0.506 e. The maximum Gasteiger partial charge on any atom is 0.255 e. The zero-order valence-electron chi connectivity index (χ0n) is 12.5. The third kappa shape index (κ3) is 4.46. The molecule has 5 heteroatoms. The zero-order valence-corrected chi connectivity index (χ0v) is 13.3. The van der Waals surface area contributed by atoms with E-state index in [0.717, 1.165) is 18.4 Å². The fourth-order valence-electron chi connectivity index (χ4n) is 2.18. The average molecular weight is 319 g/mol. The van der Waals surface area contributed by atoms with E-state index < -0.39 is 0 Å². The van der Waals surface area contributed by atoms with E-state index >= 15 is 0 Å². The molecule has 0 saturated carbocycles. The van der Waals surface area contributed by atoms with Crippen molar-refractivity contribution in [1.29, 1.82) is 0 Å². The number of aromatic nitrogens is 1. The predicted octanol–water partition coefficient (Wildman–Crippen LogP) is 3.88. The normalized spacial score (nSPS) is 10.5. The van der Waals surface area contributed by atoms with Crippen LogP contribution >= 0.6 is 11.6 Å². The van der Waals surface area contributed by atoms with Gasteiger partial charge in [-0.25, -0.2) is 0 Å². The van der Waals surface area contributed by atoms with Crippen molar-refractivity contribution in [3.8, 4) is 5.75 Å². The molecule has 1 aromatic heterocycles. The third-order valence-corrected chi connectivity index (χ3v) is 3.54. The van der Waals surface area contributed by atoms with Crippen molar-refractivity contribution in [3.05, 3.63) is 58.9 Å². The minimum atomic E-state index is -0.142. The van der Waals surface area contributed by atoms with E-state index in [-0.39, 0.29) is 11.7 Å². The number of hydrogen-bond donors (Lipinski definition) is 1. The van der Waals surface area contributed by atoms with Gasteiger partial charge < -0.3 is 10.0 Å². The van der Waals surface area contributed by atoms with Crippen molar-refractivity contribution in [3.63, 3.8) is 0 Å². The van der Waals surface area contributed by atoms with Crippen LogP contribution in [0.1, 0.15) is 35.7 Å². The summed E-state index contributed by atoms with van der Waals surface area (Å²) in [4.78, 5) is 18.3. The molecule has 4 nitrogen and oxygen atoms in total. The molecular formula is C17H19ClN2O2. The Morgan fingerprint density at radius 3 is 2.82 bits per heavy atom. The Kier molecular flexibility index (Phi) is 5.78. The molecule has 0 spiro atoms. The number of aromatic hydroxyl groups is 1. The van der Waals surface area contributed by atoms with Gasteiger partial charge in [-0.1, -0.05) is 37.1 Å². The Hall–Kier alpha value is -2.07. The van der Waals surface area contributed by atoms with E-state index in [4.69, 9.17) is 11.6 Å². The second-order valence-electron chi connectivity index (χ2n) is 5.14. The van der Waals surface area contributed by atoms with Crippen LogP contribution in [0.3, 0.4) is 0 Å². The molecule has 0 aliphatic carbocycles. The maximum atomic E-state index is 12.6. The number of carbonyl (C=O) groups excluding carboxylic acids is 1. The smallest absolute Gasteiger partial charge is 0.255 e. The van der Waals surface area contributed by atoms with Gasteiger partial charge in [0, 0.05) is 24.3 Å². The molecule has 0 saturated heterocycles. The lowest BCUT2D eigenvalue weighted by Gasteiger charge is -2.23. The Balaban J connectivity index is 2.19. The van der Waals surface area contributed by atoms with Gasteiger partial charge >= 0.3 is 0 Å². The molecule has 0 bridgehead atoms. The van der Waals surface area contributed by atoms with E-state index in [1.165, 1.54) is 18.5 Å². The lowest BCUT2D eigenvalue weighted by atomic mass is 10.1. The number of amides is 1. The molecule has 22 heavy (non-hydrogen) atoms. The number of pyridine rings is 1. The van der Waals surface area contributed by atoms with Crippen molar-refractivity contribution < 1.29 is 9.90 Å². The molecule has 0 radical (unpaired) electrons. The number of benzene rings is 1. The van der Waals surface area contributed by atoms with Gasteiger partial charge in [-0.3, -0.25) is 9.78 Å². The van der Waals surface area contributed by atoms with Gasteiger partial charge in [0.25, 0.3) is 5.91 Å². The first kappa shape index (κ1) is 16.3. The molecule has 0 atom stereocenters. The zero-order chi connectivity index (χ0) is 15.9. The summed E-state index contributed by atoms with van der Waals surface area (Å²) in [6.45, 7) is 3.21. The molecule has 1 heterocycles. The molecule has 2 aromatic rings. The van der Waals surface area contributed by atoms with Gasteiger partial charge in [0.2, 0.25) is 0 Å². The Labute approximate surface area is 135 Å². The highest BCUT2D eigenvalue weighted by atomic mass is 35.5. The summed E-state index contributed by atoms with van der Waals surface area (Å²) >= 11 is 6.00. The van der Waals surface area contributed by atoms with Crippen molar-refractivity contribution >= 4 is 17.5 Å². The van der Waals surface area contributed by atoms with Crippen molar-refractivity contribution in [2.75, 3.05) is 6.54 Å². The fraction of sp³-hybridized carbons (Fsp3) is 0.294. The van der Waals surface area contributed by atoms with Crippen LogP contribution in [0.2, 0.25) is 5.02 Å². The summed E-state index contributed by atoms with van der Waals surface area (Å²) in [5, 5.41) is 10.1. The van der Waals surface area contributed by atoms with E-state index in [0.29, 0.717) is 23.7 Å². The molecule has 116 valence electrons. The molecule has 1 aromatic carbocycles. The molecule has 0 aliphatic heterocycles. The van der Waals surface area contributed by atoms with Crippen LogP contribution in [0.15, 0.2) is 42.7 Å². The Morgan fingerprint density at radius 1 is 1.32 bits per heavy atom. The molecular weight excluding hydrogens is 300 g/mol.